The van der Waals surface area contributed by atoms with Gasteiger partial charge in [0, 0.05) is 13.1 Å². The number of imide groups is 1. The van der Waals surface area contributed by atoms with E-state index in [2.05, 4.69) is 0 Å². The molecule has 1 fully saturated rings. The minimum absolute atomic E-state index is 0.00792. The van der Waals surface area contributed by atoms with Crippen LogP contribution in [-0.4, -0.2) is 50.2 Å². The highest BCUT2D eigenvalue weighted by atomic mass is 32.2. The zero-order valence-electron chi connectivity index (χ0n) is 14.7. The topological polar surface area (TPSA) is 123 Å². The Labute approximate surface area is 165 Å². The van der Waals surface area contributed by atoms with E-state index in [9.17, 15) is 22.8 Å². The van der Waals surface area contributed by atoms with Crippen LogP contribution in [-0.2, 0) is 24.3 Å². The molecule has 3 heterocycles. The van der Waals surface area contributed by atoms with Crippen LogP contribution in [0.15, 0.2) is 44.5 Å². The highest BCUT2D eigenvalue weighted by Gasteiger charge is 2.34. The third-order valence-corrected chi connectivity index (χ3v) is 7.39. The molecule has 0 aliphatic carbocycles. The molecule has 1 aliphatic heterocycles. The van der Waals surface area contributed by atoms with E-state index >= 15 is 0 Å². The van der Waals surface area contributed by atoms with Crippen molar-refractivity contribution >= 4 is 39.1 Å². The molecular weight excluding hydrogens is 408 g/mol. The van der Waals surface area contributed by atoms with E-state index < -0.39 is 40.3 Å². The molecule has 1 aliphatic rings. The van der Waals surface area contributed by atoms with Gasteiger partial charge in [-0.3, -0.25) is 19.7 Å². The van der Waals surface area contributed by atoms with Gasteiger partial charge < -0.3 is 9.15 Å². The quantitative estimate of drug-likeness (QED) is 0.690. The van der Waals surface area contributed by atoms with Gasteiger partial charge in [0.2, 0.25) is 0 Å². The SMILES string of the molecule is O=C(COC(=O)C1CCCN(S(=O)(=O)c2cccs2)C1)NC(=O)c1ccco1. The molecule has 150 valence electrons. The minimum atomic E-state index is -3.65. The molecule has 1 N–H and O–H groups in total. The number of nitrogens with zero attached hydrogens (tertiary/aromatic N) is 1. The van der Waals surface area contributed by atoms with Gasteiger partial charge in [-0.05, 0) is 36.4 Å². The maximum absolute atomic E-state index is 12.6. The predicted octanol–water partition coefficient (Wildman–Crippen LogP) is 1.24. The van der Waals surface area contributed by atoms with E-state index in [4.69, 9.17) is 9.15 Å². The van der Waals surface area contributed by atoms with E-state index in [1.54, 1.807) is 11.4 Å². The number of nitrogens with one attached hydrogen (secondary N) is 1. The number of thiophene rings is 1. The third-order valence-electron chi connectivity index (χ3n) is 4.15. The number of hydrogen-bond donors (Lipinski definition) is 1. The summed E-state index contributed by atoms with van der Waals surface area (Å²) in [4.78, 5) is 35.7. The molecule has 0 saturated carbocycles. The number of piperidine rings is 1. The molecule has 1 atom stereocenters. The zero-order valence-corrected chi connectivity index (χ0v) is 16.3. The first-order chi connectivity index (χ1) is 13.4. The van der Waals surface area contributed by atoms with E-state index in [0.29, 0.717) is 19.4 Å². The van der Waals surface area contributed by atoms with Crippen molar-refractivity contribution in [3.63, 3.8) is 0 Å². The fraction of sp³-hybridized carbons (Fsp3) is 0.353. The number of amides is 2. The fourth-order valence-corrected chi connectivity index (χ4v) is 5.45. The Hall–Kier alpha value is -2.50. The summed E-state index contributed by atoms with van der Waals surface area (Å²) in [6, 6.07) is 6.05. The van der Waals surface area contributed by atoms with Crippen LogP contribution in [0.1, 0.15) is 23.4 Å². The molecule has 1 unspecified atom stereocenters. The average molecular weight is 426 g/mol. The monoisotopic (exact) mass is 426 g/mol. The summed E-state index contributed by atoms with van der Waals surface area (Å²) in [6.07, 6.45) is 2.26. The van der Waals surface area contributed by atoms with Crippen LogP contribution < -0.4 is 5.32 Å². The Balaban J connectivity index is 1.51. The second-order valence-electron chi connectivity index (χ2n) is 6.10. The van der Waals surface area contributed by atoms with Crippen molar-refractivity contribution in [2.24, 2.45) is 5.92 Å². The molecule has 0 bridgehead atoms. The van der Waals surface area contributed by atoms with Crippen molar-refractivity contribution in [2.75, 3.05) is 19.7 Å². The van der Waals surface area contributed by atoms with E-state index in [1.165, 1.54) is 28.8 Å². The largest absolute Gasteiger partial charge is 0.459 e. The van der Waals surface area contributed by atoms with Crippen LogP contribution in [0.25, 0.3) is 0 Å². The molecule has 0 spiro atoms. The molecule has 9 nitrogen and oxygen atoms in total. The van der Waals surface area contributed by atoms with Crippen LogP contribution in [0.2, 0.25) is 0 Å². The average Bonchev–Trinajstić information content (AvgIpc) is 3.40. The van der Waals surface area contributed by atoms with Gasteiger partial charge in [0.05, 0.1) is 12.2 Å². The molecular formula is C17H18N2O7S2. The second kappa shape index (κ2) is 8.67. The molecule has 0 radical (unpaired) electrons. The highest BCUT2D eigenvalue weighted by molar-refractivity contribution is 7.91. The molecule has 0 aromatic carbocycles. The Morgan fingerprint density at radius 3 is 2.79 bits per heavy atom. The van der Waals surface area contributed by atoms with Gasteiger partial charge in [0.15, 0.2) is 12.4 Å². The van der Waals surface area contributed by atoms with Crippen molar-refractivity contribution in [1.82, 2.24) is 9.62 Å². The first-order valence-electron chi connectivity index (χ1n) is 8.46. The molecule has 11 heteroatoms. The Kier molecular flexibility index (Phi) is 6.27. The lowest BCUT2D eigenvalue weighted by atomic mass is 10.0. The number of ether oxygens (including phenoxy) is 1. The van der Waals surface area contributed by atoms with E-state index in [1.807, 2.05) is 5.32 Å². The summed E-state index contributed by atoms with van der Waals surface area (Å²) in [5.74, 6) is -2.92. The van der Waals surface area contributed by atoms with Crippen molar-refractivity contribution < 1.29 is 32.0 Å². The number of esters is 1. The number of carbonyl (C=O) groups excluding carboxylic acids is 3. The maximum Gasteiger partial charge on any atom is 0.310 e. The van der Waals surface area contributed by atoms with Gasteiger partial charge in [0.1, 0.15) is 4.21 Å². The lowest BCUT2D eigenvalue weighted by molar-refractivity contribution is -0.153. The lowest BCUT2D eigenvalue weighted by Crippen LogP contribution is -2.43. The number of hydrogen-bond acceptors (Lipinski definition) is 8. The van der Waals surface area contributed by atoms with Gasteiger partial charge in [-0.2, -0.15) is 4.31 Å². The molecule has 2 aromatic rings. The zero-order chi connectivity index (χ0) is 20.1. The molecule has 28 heavy (non-hydrogen) atoms. The first kappa shape index (κ1) is 20.2. The maximum atomic E-state index is 12.6. The number of carbonyl (C=O) groups is 3. The first-order valence-corrected chi connectivity index (χ1v) is 10.8. The predicted molar refractivity (Wildman–Crippen MR) is 97.9 cm³/mol. The van der Waals surface area contributed by atoms with Crippen molar-refractivity contribution in [3.05, 3.63) is 41.7 Å². The minimum Gasteiger partial charge on any atom is -0.459 e. The van der Waals surface area contributed by atoms with Gasteiger partial charge in [-0.1, -0.05) is 6.07 Å². The summed E-state index contributed by atoms with van der Waals surface area (Å²) in [5.41, 5.74) is 0. The van der Waals surface area contributed by atoms with Gasteiger partial charge >= 0.3 is 5.97 Å². The van der Waals surface area contributed by atoms with Crippen LogP contribution in [0.4, 0.5) is 0 Å². The number of sulfonamides is 1. The molecule has 2 amide bonds. The van der Waals surface area contributed by atoms with Crippen molar-refractivity contribution in [2.45, 2.75) is 17.1 Å². The number of rotatable bonds is 6. The van der Waals surface area contributed by atoms with Crippen LogP contribution in [0.5, 0.6) is 0 Å². The summed E-state index contributed by atoms with van der Waals surface area (Å²) in [6.45, 7) is -0.326. The highest BCUT2D eigenvalue weighted by Crippen LogP contribution is 2.26. The summed E-state index contributed by atoms with van der Waals surface area (Å²) in [7, 11) is -3.65. The third kappa shape index (κ3) is 4.66. The van der Waals surface area contributed by atoms with Crippen LogP contribution in [0.3, 0.4) is 0 Å². The Bertz CT molecular complexity index is 936. The van der Waals surface area contributed by atoms with Gasteiger partial charge in [-0.25, -0.2) is 8.42 Å². The summed E-state index contributed by atoms with van der Waals surface area (Å²) >= 11 is 1.11. The van der Waals surface area contributed by atoms with Gasteiger partial charge in [0.25, 0.3) is 21.8 Å². The van der Waals surface area contributed by atoms with Gasteiger partial charge in [-0.15, -0.1) is 11.3 Å². The second-order valence-corrected chi connectivity index (χ2v) is 9.21. The molecule has 3 rings (SSSR count). The Morgan fingerprint density at radius 1 is 1.29 bits per heavy atom. The molecule has 2 aromatic heterocycles. The summed E-state index contributed by atoms with van der Waals surface area (Å²) < 4.78 is 36.5. The summed E-state index contributed by atoms with van der Waals surface area (Å²) in [5, 5.41) is 3.71. The van der Waals surface area contributed by atoms with E-state index in [-0.39, 0.29) is 16.5 Å². The van der Waals surface area contributed by atoms with E-state index in [0.717, 1.165) is 11.3 Å². The lowest BCUT2D eigenvalue weighted by Gasteiger charge is -2.30. The van der Waals surface area contributed by atoms with Crippen LogP contribution >= 0.6 is 11.3 Å². The molecule has 1 saturated heterocycles. The normalized spacial score (nSPS) is 17.8. The standard InChI is InChI=1S/C17H18N2O7S2/c20-14(18-16(21)13-5-2-8-25-13)11-26-17(22)12-4-1-7-19(10-12)28(23,24)15-6-3-9-27-15/h2-3,5-6,8-9,12H,1,4,7,10-11H2,(H,18,20,21). The number of furan rings is 1. The van der Waals surface area contributed by atoms with Crippen molar-refractivity contribution in [1.29, 1.82) is 0 Å². The van der Waals surface area contributed by atoms with Crippen LogP contribution in [0, 0.1) is 5.92 Å². The fourth-order valence-electron chi connectivity index (χ4n) is 2.78. The van der Waals surface area contributed by atoms with Crippen molar-refractivity contribution in [3.8, 4) is 0 Å². The smallest absolute Gasteiger partial charge is 0.310 e. The Morgan fingerprint density at radius 2 is 2.11 bits per heavy atom.